The molecule has 3 aromatic rings. The standard InChI is InChI=1S/C17H18N5O8PS/c1-27-7-2-4-8(5-3-7)32-17-19-10-13(20-16(18)21-14(10)24)22(17)15-11(23)12-9(29-15)6-28-31(25,26)30-12/h2-5,9,11-12,15,23H,6H2,1H3,(H,25,26)(H3,18,20,21,24)/t9-,11-,12-,15-/m1/s1. The predicted octanol–water partition coefficient (Wildman–Crippen LogP) is 0.636. The van der Waals surface area contributed by atoms with Crippen molar-refractivity contribution in [3.63, 3.8) is 0 Å². The molecule has 13 nitrogen and oxygen atoms in total. The number of phosphoric ester groups is 1. The van der Waals surface area contributed by atoms with Gasteiger partial charge in [0.1, 0.15) is 24.1 Å². The van der Waals surface area contributed by atoms with Crippen molar-refractivity contribution in [3.05, 3.63) is 34.6 Å². The number of benzene rings is 1. The number of aromatic amines is 1. The number of nitrogens with two attached hydrogens (primary N) is 1. The summed E-state index contributed by atoms with van der Waals surface area (Å²) in [5.74, 6) is 0.520. The van der Waals surface area contributed by atoms with Gasteiger partial charge in [-0.3, -0.25) is 23.4 Å². The highest BCUT2D eigenvalue weighted by Crippen LogP contribution is 2.53. The van der Waals surface area contributed by atoms with Gasteiger partial charge in [0, 0.05) is 4.90 Å². The normalized spacial score (nSPS) is 29.8. The van der Waals surface area contributed by atoms with Gasteiger partial charge in [-0.05, 0) is 24.3 Å². The molecular formula is C17H18N5O8PS. The number of aliphatic hydroxyl groups excluding tert-OH is 1. The predicted molar refractivity (Wildman–Crippen MR) is 110 cm³/mol. The summed E-state index contributed by atoms with van der Waals surface area (Å²) in [5.41, 5.74) is 5.24. The van der Waals surface area contributed by atoms with E-state index < -0.39 is 37.9 Å². The molecule has 2 saturated heterocycles. The number of ether oxygens (including phenoxy) is 2. The maximum absolute atomic E-state index is 12.4. The number of imidazole rings is 1. The summed E-state index contributed by atoms with van der Waals surface area (Å²) in [4.78, 5) is 33.8. The van der Waals surface area contributed by atoms with Crippen LogP contribution < -0.4 is 16.0 Å². The fourth-order valence-corrected chi connectivity index (χ4v) is 5.45. The number of H-pyrrole nitrogens is 1. The number of hydrogen-bond donors (Lipinski definition) is 4. The summed E-state index contributed by atoms with van der Waals surface area (Å²) in [6.45, 7) is -0.254. The van der Waals surface area contributed by atoms with E-state index >= 15 is 0 Å². The Morgan fingerprint density at radius 3 is 2.81 bits per heavy atom. The Morgan fingerprint density at radius 1 is 1.34 bits per heavy atom. The first-order chi connectivity index (χ1) is 15.3. The molecule has 0 saturated carbocycles. The molecule has 5 atom stereocenters. The van der Waals surface area contributed by atoms with Crippen LogP contribution in [0.2, 0.25) is 0 Å². The second-order valence-electron chi connectivity index (χ2n) is 7.06. The van der Waals surface area contributed by atoms with Crippen molar-refractivity contribution in [2.24, 2.45) is 0 Å². The maximum atomic E-state index is 12.4. The first kappa shape index (κ1) is 21.4. The molecule has 0 bridgehead atoms. The van der Waals surface area contributed by atoms with E-state index in [4.69, 9.17) is 24.3 Å². The van der Waals surface area contributed by atoms with Crippen LogP contribution in [0.1, 0.15) is 6.23 Å². The van der Waals surface area contributed by atoms with Crippen molar-refractivity contribution < 1.29 is 33.1 Å². The molecule has 4 heterocycles. The Labute approximate surface area is 184 Å². The zero-order valence-electron chi connectivity index (χ0n) is 16.4. The molecule has 2 aliphatic rings. The Morgan fingerprint density at radius 2 is 2.09 bits per heavy atom. The van der Waals surface area contributed by atoms with Crippen LogP contribution in [0.25, 0.3) is 11.2 Å². The minimum absolute atomic E-state index is 0.00844. The van der Waals surface area contributed by atoms with Crippen LogP contribution in [0.3, 0.4) is 0 Å². The van der Waals surface area contributed by atoms with Gasteiger partial charge >= 0.3 is 7.82 Å². The van der Waals surface area contributed by atoms with Crippen LogP contribution in [0, 0.1) is 0 Å². The highest BCUT2D eigenvalue weighted by molar-refractivity contribution is 7.99. The number of nitrogens with one attached hydrogen (secondary N) is 1. The van der Waals surface area contributed by atoms with E-state index in [1.54, 1.807) is 31.4 Å². The molecule has 15 heteroatoms. The van der Waals surface area contributed by atoms with Crippen LogP contribution in [0.4, 0.5) is 5.95 Å². The smallest absolute Gasteiger partial charge is 0.472 e. The average Bonchev–Trinajstić information content (AvgIpc) is 3.25. The third-order valence-corrected chi connectivity index (χ3v) is 6.99. The molecule has 1 unspecified atom stereocenters. The highest BCUT2D eigenvalue weighted by atomic mass is 32.2. The second-order valence-corrected chi connectivity index (χ2v) is 9.50. The molecular weight excluding hydrogens is 465 g/mol. The van der Waals surface area contributed by atoms with E-state index in [-0.39, 0.29) is 28.9 Å². The summed E-state index contributed by atoms with van der Waals surface area (Å²) in [7, 11) is -2.75. The number of aromatic nitrogens is 4. The number of rotatable bonds is 4. The first-order valence-electron chi connectivity index (χ1n) is 9.34. The van der Waals surface area contributed by atoms with Crippen LogP contribution in [-0.4, -0.2) is 61.5 Å². The van der Waals surface area contributed by atoms with Crippen molar-refractivity contribution in [1.82, 2.24) is 19.5 Å². The van der Waals surface area contributed by atoms with Crippen molar-refractivity contribution in [3.8, 4) is 5.75 Å². The zero-order chi connectivity index (χ0) is 22.6. The number of nitrogen functional groups attached to an aromatic ring is 1. The Balaban J connectivity index is 1.60. The van der Waals surface area contributed by atoms with E-state index in [1.165, 1.54) is 16.3 Å². The monoisotopic (exact) mass is 483 g/mol. The van der Waals surface area contributed by atoms with Crippen molar-refractivity contribution in [2.45, 2.75) is 34.6 Å². The molecule has 5 N–H and O–H groups in total. The third kappa shape index (κ3) is 3.69. The summed E-state index contributed by atoms with van der Waals surface area (Å²) < 4.78 is 34.1. The van der Waals surface area contributed by atoms with Crippen LogP contribution in [-0.2, 0) is 18.3 Å². The Kier molecular flexibility index (Phi) is 5.25. The molecule has 0 aliphatic carbocycles. The van der Waals surface area contributed by atoms with Gasteiger partial charge in [0.15, 0.2) is 22.5 Å². The topological polar surface area (TPSA) is 184 Å². The molecule has 0 radical (unpaired) electrons. The number of methoxy groups -OCH3 is 1. The van der Waals surface area contributed by atoms with Crippen molar-refractivity contribution >= 4 is 36.7 Å². The molecule has 0 amide bonds. The Hall–Kier alpha value is -2.45. The van der Waals surface area contributed by atoms with Gasteiger partial charge in [0.2, 0.25) is 5.95 Å². The third-order valence-electron chi connectivity index (χ3n) is 5.03. The molecule has 170 valence electrons. The second kappa shape index (κ2) is 7.85. The number of hydrogen-bond acceptors (Lipinski definition) is 11. The van der Waals surface area contributed by atoms with Gasteiger partial charge in [-0.15, -0.1) is 0 Å². The SMILES string of the molecule is COc1ccc(Sc2nc3c(=O)[nH]c(N)nc3n2[C@@H]2O[C@@H]3COP(=O)(O)O[C@H]3[C@H]2O)cc1. The molecule has 2 aliphatic heterocycles. The lowest BCUT2D eigenvalue weighted by Gasteiger charge is -2.27. The largest absolute Gasteiger partial charge is 0.497 e. The fourth-order valence-electron chi connectivity index (χ4n) is 3.58. The van der Waals surface area contributed by atoms with Gasteiger partial charge in [-0.1, -0.05) is 11.8 Å². The van der Waals surface area contributed by atoms with E-state index in [9.17, 15) is 19.4 Å². The molecule has 2 fully saturated rings. The molecule has 5 rings (SSSR count). The molecule has 32 heavy (non-hydrogen) atoms. The number of aliphatic hydroxyl groups is 1. The van der Waals surface area contributed by atoms with Gasteiger partial charge in [0.05, 0.1) is 13.7 Å². The van der Waals surface area contributed by atoms with E-state index in [2.05, 4.69) is 15.0 Å². The maximum Gasteiger partial charge on any atom is 0.472 e. The number of fused-ring (bicyclic) bond motifs is 2. The summed E-state index contributed by atoms with van der Waals surface area (Å²) in [6.07, 6.45) is -4.45. The number of phosphoric acid groups is 1. The van der Waals surface area contributed by atoms with Crippen LogP contribution in [0.5, 0.6) is 5.75 Å². The molecule has 1 aromatic carbocycles. The Bertz CT molecular complexity index is 1280. The lowest BCUT2D eigenvalue weighted by molar-refractivity contribution is -0.0684. The van der Waals surface area contributed by atoms with Gasteiger partial charge in [0.25, 0.3) is 5.56 Å². The van der Waals surface area contributed by atoms with E-state index in [0.29, 0.717) is 5.75 Å². The number of anilines is 1. The highest BCUT2D eigenvalue weighted by Gasteiger charge is 2.53. The fraction of sp³-hybridized carbons (Fsp3) is 0.353. The zero-order valence-corrected chi connectivity index (χ0v) is 18.2. The lowest BCUT2D eigenvalue weighted by Crippen LogP contribution is -2.39. The van der Waals surface area contributed by atoms with Crippen LogP contribution in [0.15, 0.2) is 39.1 Å². The summed E-state index contributed by atoms with van der Waals surface area (Å²) in [6, 6.07) is 7.11. The van der Waals surface area contributed by atoms with Gasteiger partial charge < -0.3 is 25.2 Å². The van der Waals surface area contributed by atoms with Crippen molar-refractivity contribution in [1.29, 1.82) is 0 Å². The molecule has 0 spiro atoms. The lowest BCUT2D eigenvalue weighted by atomic mass is 10.1. The summed E-state index contributed by atoms with van der Waals surface area (Å²) >= 11 is 1.19. The molecule has 2 aromatic heterocycles. The summed E-state index contributed by atoms with van der Waals surface area (Å²) in [5, 5.41) is 11.2. The number of nitrogens with zero attached hydrogens (tertiary/aromatic N) is 3. The quantitative estimate of drug-likeness (QED) is 0.380. The van der Waals surface area contributed by atoms with Gasteiger partial charge in [-0.25, -0.2) is 9.55 Å². The van der Waals surface area contributed by atoms with Crippen LogP contribution >= 0.6 is 19.6 Å². The minimum Gasteiger partial charge on any atom is -0.497 e. The average molecular weight is 483 g/mol. The minimum atomic E-state index is -4.31. The first-order valence-corrected chi connectivity index (χ1v) is 11.7. The van der Waals surface area contributed by atoms with Crippen molar-refractivity contribution in [2.75, 3.05) is 19.5 Å². The van der Waals surface area contributed by atoms with Gasteiger partial charge in [-0.2, -0.15) is 4.98 Å². The van der Waals surface area contributed by atoms with E-state index in [1.807, 2.05) is 0 Å². The van der Waals surface area contributed by atoms with E-state index in [0.717, 1.165) is 4.90 Å².